The number of phenols is 3. The van der Waals surface area contributed by atoms with Crippen molar-refractivity contribution in [1.29, 1.82) is 0 Å². The third-order valence-electron chi connectivity index (χ3n) is 3.32. The van der Waals surface area contributed by atoms with Crippen molar-refractivity contribution in [3.8, 4) is 17.2 Å². The lowest BCUT2D eigenvalue weighted by molar-refractivity contribution is -0.131. The molecule has 1 heterocycles. The summed E-state index contributed by atoms with van der Waals surface area (Å²) < 4.78 is 5.02. The van der Waals surface area contributed by atoms with Gasteiger partial charge < -0.3 is 25.2 Å². The molecule has 4 N–H and O–H groups in total. The highest BCUT2D eigenvalue weighted by molar-refractivity contribution is 6.21. The van der Waals surface area contributed by atoms with Crippen LogP contribution in [0.2, 0.25) is 0 Å². The Kier molecular flexibility index (Phi) is 3.42. The van der Waals surface area contributed by atoms with Crippen molar-refractivity contribution in [1.82, 2.24) is 0 Å². The number of rotatable bonds is 2. The average Bonchev–Trinajstić information content (AvgIpc) is 2.77. The standard InChI is InChI=1S/C17H12O6/c18-10-3-1-9(2-4-10)7-14-16(21)15(17(22)23-14)12-6-5-11(19)8-13(12)20/h1-8,18-21H/b14-7-. The molecule has 0 amide bonds. The van der Waals surface area contributed by atoms with Gasteiger partial charge in [-0.05, 0) is 35.9 Å². The number of esters is 1. The molecule has 0 bridgehead atoms. The zero-order chi connectivity index (χ0) is 16.6. The van der Waals surface area contributed by atoms with Crippen molar-refractivity contribution in [3.63, 3.8) is 0 Å². The number of hydrogen-bond donors (Lipinski definition) is 4. The highest BCUT2D eigenvalue weighted by atomic mass is 16.6. The van der Waals surface area contributed by atoms with Gasteiger partial charge in [-0.25, -0.2) is 4.79 Å². The molecule has 0 spiro atoms. The van der Waals surface area contributed by atoms with Gasteiger partial charge in [0.2, 0.25) is 0 Å². The van der Waals surface area contributed by atoms with E-state index in [1.165, 1.54) is 30.3 Å². The number of aromatic hydroxyl groups is 3. The highest BCUT2D eigenvalue weighted by Gasteiger charge is 2.32. The van der Waals surface area contributed by atoms with Gasteiger partial charge in [0.05, 0.1) is 0 Å². The van der Waals surface area contributed by atoms with Gasteiger partial charge in [0.25, 0.3) is 0 Å². The molecule has 116 valence electrons. The van der Waals surface area contributed by atoms with Crippen LogP contribution in [0.4, 0.5) is 0 Å². The normalized spacial score (nSPS) is 16.0. The molecule has 2 aromatic rings. The Balaban J connectivity index is 2.05. The molecule has 0 unspecified atom stereocenters. The SMILES string of the molecule is O=C1O/C(=C\c2ccc(O)cc2)C(O)=C1c1ccc(O)cc1O. The fourth-order valence-electron chi connectivity index (χ4n) is 2.21. The van der Waals surface area contributed by atoms with E-state index in [0.717, 1.165) is 6.07 Å². The van der Waals surface area contributed by atoms with E-state index in [4.69, 9.17) is 4.74 Å². The molecule has 23 heavy (non-hydrogen) atoms. The van der Waals surface area contributed by atoms with Crippen LogP contribution in [-0.2, 0) is 9.53 Å². The molecule has 0 radical (unpaired) electrons. The van der Waals surface area contributed by atoms with Crippen LogP contribution in [0.15, 0.2) is 54.0 Å². The minimum absolute atomic E-state index is 0.0550. The number of carbonyl (C=O) groups excluding carboxylic acids is 1. The van der Waals surface area contributed by atoms with Crippen molar-refractivity contribution in [2.24, 2.45) is 0 Å². The minimum Gasteiger partial charge on any atom is -0.508 e. The second-order valence-corrected chi connectivity index (χ2v) is 4.91. The van der Waals surface area contributed by atoms with Gasteiger partial charge in [-0.2, -0.15) is 0 Å². The van der Waals surface area contributed by atoms with Crippen molar-refractivity contribution < 1.29 is 30.0 Å². The average molecular weight is 312 g/mol. The number of aliphatic hydroxyl groups is 1. The molecule has 6 nitrogen and oxygen atoms in total. The van der Waals surface area contributed by atoms with Gasteiger partial charge in [-0.1, -0.05) is 12.1 Å². The molecule has 2 aromatic carbocycles. The fraction of sp³-hybridized carbons (Fsp3) is 0. The maximum atomic E-state index is 12.0. The van der Waals surface area contributed by atoms with E-state index >= 15 is 0 Å². The third kappa shape index (κ3) is 2.69. The van der Waals surface area contributed by atoms with Crippen LogP contribution in [0.3, 0.4) is 0 Å². The number of phenolic OH excluding ortho intramolecular Hbond substituents is 3. The first-order valence-corrected chi connectivity index (χ1v) is 6.64. The lowest BCUT2D eigenvalue weighted by Gasteiger charge is -2.03. The Morgan fingerprint density at radius 1 is 0.870 bits per heavy atom. The summed E-state index contributed by atoms with van der Waals surface area (Å²) in [5.41, 5.74) is 0.472. The van der Waals surface area contributed by atoms with E-state index in [1.807, 2.05) is 0 Å². The molecular formula is C17H12O6. The predicted molar refractivity (Wildman–Crippen MR) is 81.5 cm³/mol. The molecule has 1 aliphatic rings. The summed E-state index contributed by atoms with van der Waals surface area (Å²) in [6.07, 6.45) is 1.43. The van der Waals surface area contributed by atoms with Crippen molar-refractivity contribution in [2.45, 2.75) is 0 Å². The zero-order valence-corrected chi connectivity index (χ0v) is 11.7. The van der Waals surface area contributed by atoms with Gasteiger partial charge in [-0.3, -0.25) is 0 Å². The van der Waals surface area contributed by atoms with Crippen LogP contribution < -0.4 is 0 Å². The first kappa shape index (κ1) is 14.5. The Hall–Kier alpha value is -3.41. The lowest BCUT2D eigenvalue weighted by Crippen LogP contribution is -1.98. The van der Waals surface area contributed by atoms with Crippen molar-refractivity contribution in [2.75, 3.05) is 0 Å². The number of hydrogen-bond acceptors (Lipinski definition) is 6. The summed E-state index contributed by atoms with van der Waals surface area (Å²) in [4.78, 5) is 12.0. The quantitative estimate of drug-likeness (QED) is 0.635. The van der Waals surface area contributed by atoms with Crippen molar-refractivity contribution in [3.05, 3.63) is 65.1 Å². The maximum absolute atomic E-state index is 12.0. The van der Waals surface area contributed by atoms with E-state index in [0.29, 0.717) is 5.56 Å². The number of carbonyl (C=O) groups is 1. The molecular weight excluding hydrogens is 300 g/mol. The van der Waals surface area contributed by atoms with Crippen LogP contribution in [0, 0.1) is 0 Å². The maximum Gasteiger partial charge on any atom is 0.348 e. The first-order chi connectivity index (χ1) is 11.0. The summed E-state index contributed by atoms with van der Waals surface area (Å²) >= 11 is 0. The van der Waals surface area contributed by atoms with Gasteiger partial charge in [0.15, 0.2) is 11.5 Å². The molecule has 0 aromatic heterocycles. The number of cyclic esters (lactones) is 1. The smallest absolute Gasteiger partial charge is 0.348 e. The van der Waals surface area contributed by atoms with Crippen LogP contribution in [-0.4, -0.2) is 26.4 Å². The molecule has 6 heteroatoms. The highest BCUT2D eigenvalue weighted by Crippen LogP contribution is 2.37. The van der Waals surface area contributed by atoms with E-state index in [-0.39, 0.29) is 34.1 Å². The van der Waals surface area contributed by atoms with Crippen LogP contribution >= 0.6 is 0 Å². The van der Waals surface area contributed by atoms with Gasteiger partial charge >= 0.3 is 5.97 Å². The number of ether oxygens (including phenoxy) is 1. The topological polar surface area (TPSA) is 107 Å². The summed E-state index contributed by atoms with van der Waals surface area (Å²) in [7, 11) is 0. The summed E-state index contributed by atoms with van der Waals surface area (Å²) in [5.74, 6) is -1.72. The minimum atomic E-state index is -0.812. The van der Waals surface area contributed by atoms with Crippen LogP contribution in [0.1, 0.15) is 11.1 Å². The lowest BCUT2D eigenvalue weighted by atomic mass is 10.0. The second kappa shape index (κ2) is 5.42. The summed E-state index contributed by atoms with van der Waals surface area (Å²) in [6.45, 7) is 0. The van der Waals surface area contributed by atoms with Crippen molar-refractivity contribution >= 4 is 17.6 Å². The third-order valence-corrected chi connectivity index (χ3v) is 3.32. The largest absolute Gasteiger partial charge is 0.508 e. The van der Waals surface area contributed by atoms with Crippen LogP contribution in [0.5, 0.6) is 17.2 Å². The molecule has 0 saturated carbocycles. The van der Waals surface area contributed by atoms with Gasteiger partial charge in [0, 0.05) is 11.6 Å². The Bertz CT molecular complexity index is 846. The van der Waals surface area contributed by atoms with E-state index in [2.05, 4.69) is 0 Å². The van der Waals surface area contributed by atoms with E-state index in [9.17, 15) is 25.2 Å². The second-order valence-electron chi connectivity index (χ2n) is 4.91. The fourth-order valence-corrected chi connectivity index (χ4v) is 2.21. The predicted octanol–water partition coefficient (Wildman–Crippen LogP) is 2.67. The summed E-state index contributed by atoms with van der Waals surface area (Å²) in [5, 5.41) is 38.6. The number of benzene rings is 2. The van der Waals surface area contributed by atoms with E-state index in [1.54, 1.807) is 12.1 Å². The molecule has 3 rings (SSSR count). The molecule has 0 atom stereocenters. The number of aliphatic hydroxyl groups excluding tert-OH is 1. The van der Waals surface area contributed by atoms with Gasteiger partial charge in [-0.15, -0.1) is 0 Å². The first-order valence-electron chi connectivity index (χ1n) is 6.64. The monoisotopic (exact) mass is 312 g/mol. The van der Waals surface area contributed by atoms with Gasteiger partial charge in [0.1, 0.15) is 22.8 Å². The van der Waals surface area contributed by atoms with Crippen LogP contribution in [0.25, 0.3) is 11.6 Å². The zero-order valence-electron chi connectivity index (χ0n) is 11.7. The molecule has 0 fully saturated rings. The molecule has 1 aliphatic heterocycles. The Morgan fingerprint density at radius 2 is 1.52 bits per heavy atom. The molecule has 0 aliphatic carbocycles. The Labute approximate surface area is 130 Å². The summed E-state index contributed by atoms with van der Waals surface area (Å²) in [6, 6.07) is 9.72. The Morgan fingerprint density at radius 3 is 2.17 bits per heavy atom. The molecule has 0 saturated heterocycles. The van der Waals surface area contributed by atoms with E-state index < -0.39 is 11.7 Å².